The highest BCUT2D eigenvalue weighted by Gasteiger charge is 2.27. The molecular weight excluding hydrogens is 1040 g/mol. The zero-order valence-electron chi connectivity index (χ0n) is 53.9. The first-order valence-corrected chi connectivity index (χ1v) is 34.9. The summed E-state index contributed by atoms with van der Waals surface area (Å²) in [6.45, 7) is 4.65. The fourth-order valence-electron chi connectivity index (χ4n) is 8.81. The normalized spacial score (nSPS) is 14.7. The Kier molecular flexibility index (Phi) is 59.7. The molecule has 0 aliphatic heterocycles. The molecule has 0 aromatic carbocycles. The van der Waals surface area contributed by atoms with Crippen molar-refractivity contribution in [2.45, 2.75) is 264 Å². The Balaban J connectivity index is 4.31. The van der Waals surface area contributed by atoms with Crippen LogP contribution in [0.15, 0.2) is 158 Å². The van der Waals surface area contributed by atoms with Crippen molar-refractivity contribution in [3.8, 4) is 0 Å². The summed E-state index contributed by atoms with van der Waals surface area (Å²) in [5.41, 5.74) is 0. The SMILES string of the molecule is CC/C=C\C/C=C\C/C=C\C/C=C\C/C=C\C/C=C\C/C=C\C/C=C\C/C=C\C/C=C\CCCCCCC(=O)NC(COP(=O)(O)OCC[N+](C)(C)C)C(O)/C=C/CC/C=C/CC/C=C/CCCCCCCCCCCCCCCCCC. The number of phosphoric ester groups is 1. The lowest BCUT2D eigenvalue weighted by molar-refractivity contribution is -0.870. The van der Waals surface area contributed by atoms with Gasteiger partial charge in [-0.3, -0.25) is 13.8 Å². The summed E-state index contributed by atoms with van der Waals surface area (Å²) in [5, 5.41) is 13.9. The molecule has 0 aliphatic rings. The Morgan fingerprint density at radius 2 is 0.735 bits per heavy atom. The minimum atomic E-state index is -4.38. The minimum absolute atomic E-state index is 0.0393. The van der Waals surface area contributed by atoms with Gasteiger partial charge in [0.05, 0.1) is 39.9 Å². The molecule has 0 spiro atoms. The van der Waals surface area contributed by atoms with E-state index in [4.69, 9.17) is 9.05 Å². The van der Waals surface area contributed by atoms with Crippen LogP contribution in [0.25, 0.3) is 0 Å². The summed E-state index contributed by atoms with van der Waals surface area (Å²) >= 11 is 0. The summed E-state index contributed by atoms with van der Waals surface area (Å²) in [6.07, 6.45) is 98.1. The molecule has 9 heteroatoms. The number of hydrogen-bond acceptors (Lipinski definition) is 5. The molecule has 0 aromatic heterocycles. The van der Waals surface area contributed by atoms with Crippen molar-refractivity contribution < 1.29 is 32.9 Å². The van der Waals surface area contributed by atoms with Gasteiger partial charge in [-0.15, -0.1) is 0 Å². The molecule has 0 aromatic rings. The minimum Gasteiger partial charge on any atom is -0.387 e. The Bertz CT molecular complexity index is 1910. The maximum absolute atomic E-state index is 13.0. The fourth-order valence-corrected chi connectivity index (χ4v) is 9.54. The molecule has 0 rings (SSSR count). The zero-order valence-corrected chi connectivity index (χ0v) is 54.8. The van der Waals surface area contributed by atoms with E-state index in [1.165, 1.54) is 109 Å². The molecule has 0 bridgehead atoms. The van der Waals surface area contributed by atoms with Gasteiger partial charge in [-0.1, -0.05) is 281 Å². The first-order chi connectivity index (χ1) is 40.5. The van der Waals surface area contributed by atoms with Crippen LogP contribution >= 0.6 is 7.82 Å². The van der Waals surface area contributed by atoms with E-state index in [1.54, 1.807) is 6.08 Å². The summed E-state index contributed by atoms with van der Waals surface area (Å²) in [6, 6.07) is -0.898. The third kappa shape index (κ3) is 65.5. The van der Waals surface area contributed by atoms with Crippen LogP contribution in [0.1, 0.15) is 251 Å². The van der Waals surface area contributed by atoms with E-state index in [0.29, 0.717) is 17.4 Å². The first-order valence-electron chi connectivity index (χ1n) is 33.4. The van der Waals surface area contributed by atoms with E-state index in [0.717, 1.165) is 122 Å². The smallest absolute Gasteiger partial charge is 0.387 e. The fraction of sp³-hybridized carbons (Fsp3) is 0.635. The van der Waals surface area contributed by atoms with Crippen molar-refractivity contribution in [3.63, 3.8) is 0 Å². The number of nitrogens with zero attached hydrogens (tertiary/aromatic N) is 1. The van der Waals surface area contributed by atoms with Crippen LogP contribution in [-0.2, 0) is 18.4 Å². The van der Waals surface area contributed by atoms with E-state index in [-0.39, 0.29) is 19.1 Å². The number of allylic oxidation sites excluding steroid dienone is 25. The number of quaternary nitrogens is 1. The van der Waals surface area contributed by atoms with Crippen LogP contribution in [0.2, 0.25) is 0 Å². The second kappa shape index (κ2) is 62.6. The number of carbonyl (C=O) groups is 1. The third-order valence-corrected chi connectivity index (χ3v) is 14.9. The summed E-state index contributed by atoms with van der Waals surface area (Å²) in [5.74, 6) is -0.221. The summed E-state index contributed by atoms with van der Waals surface area (Å²) in [4.78, 5) is 23.4. The van der Waals surface area contributed by atoms with Gasteiger partial charge >= 0.3 is 7.82 Å². The molecule has 8 nitrogen and oxygen atoms in total. The van der Waals surface area contributed by atoms with Gasteiger partial charge in [-0.05, 0) is 122 Å². The molecule has 83 heavy (non-hydrogen) atoms. The number of carbonyl (C=O) groups excluding carboxylic acids is 1. The predicted molar refractivity (Wildman–Crippen MR) is 364 cm³/mol. The second-order valence-electron chi connectivity index (χ2n) is 23.1. The molecular formula is C74H126N2O6P+. The molecule has 0 radical (unpaired) electrons. The maximum Gasteiger partial charge on any atom is 0.472 e. The lowest BCUT2D eigenvalue weighted by Gasteiger charge is -2.25. The maximum atomic E-state index is 13.0. The lowest BCUT2D eigenvalue weighted by atomic mass is 10.0. The number of amides is 1. The van der Waals surface area contributed by atoms with Crippen molar-refractivity contribution in [1.29, 1.82) is 0 Å². The van der Waals surface area contributed by atoms with Crippen LogP contribution < -0.4 is 5.32 Å². The number of likely N-dealkylation sites (N-methyl/N-ethyl adjacent to an activating group) is 1. The lowest BCUT2D eigenvalue weighted by Crippen LogP contribution is -2.45. The standard InChI is InChI=1S/C74H125N2O6P/c1-6-8-10-12-14-16-18-20-22-24-26-28-30-32-34-35-36-37-38-39-40-41-42-44-46-48-50-52-54-56-58-60-62-64-66-68-74(78)75-72(71-82-83(79,80)81-70-69-76(3,4)5)73(77)67-65-63-61-59-57-55-53-51-49-47-45-43-33-31-29-27-25-23-21-19-17-15-13-11-9-7-2/h8,10,14,16,20,22,26,28,32,34,36-37,39-40,42,44,48-51,54,56-57,59,65,67,72-73,77H,6-7,9,11-13,15,17-19,21,23-25,27,29-31,33,35,38,41,43,45-47,52-53,55,58,60-64,66,68-71H2,1-5H3,(H-,75,78,79,80)/p+1/b10-8-,16-14-,22-20-,28-26-,34-32-,37-36-,40-39-,44-42-,50-48-,51-49+,56-54-,59-57+,67-65+. The first kappa shape index (κ1) is 79.1. The topological polar surface area (TPSA) is 105 Å². The van der Waals surface area contributed by atoms with Crippen molar-refractivity contribution in [3.05, 3.63) is 158 Å². The number of aliphatic hydroxyl groups excluding tert-OH is 1. The van der Waals surface area contributed by atoms with Gasteiger partial charge in [0.2, 0.25) is 5.91 Å². The molecule has 0 fully saturated rings. The van der Waals surface area contributed by atoms with Gasteiger partial charge in [0.15, 0.2) is 0 Å². The molecule has 0 saturated heterocycles. The van der Waals surface area contributed by atoms with Gasteiger partial charge in [0, 0.05) is 6.42 Å². The zero-order chi connectivity index (χ0) is 60.5. The predicted octanol–water partition coefficient (Wildman–Crippen LogP) is 21.4. The Morgan fingerprint density at radius 3 is 1.11 bits per heavy atom. The van der Waals surface area contributed by atoms with Gasteiger partial charge < -0.3 is 19.8 Å². The highest BCUT2D eigenvalue weighted by atomic mass is 31.2. The van der Waals surface area contributed by atoms with E-state index in [9.17, 15) is 19.4 Å². The second-order valence-corrected chi connectivity index (χ2v) is 24.5. The monoisotopic (exact) mass is 1170 g/mol. The van der Waals surface area contributed by atoms with Crippen molar-refractivity contribution in [2.75, 3.05) is 40.9 Å². The van der Waals surface area contributed by atoms with E-state index < -0.39 is 20.0 Å². The number of hydrogen-bond donors (Lipinski definition) is 3. The van der Waals surface area contributed by atoms with Crippen LogP contribution in [0, 0.1) is 0 Å². The highest BCUT2D eigenvalue weighted by molar-refractivity contribution is 7.47. The van der Waals surface area contributed by atoms with Crippen molar-refractivity contribution in [2.24, 2.45) is 0 Å². The van der Waals surface area contributed by atoms with Crippen molar-refractivity contribution >= 4 is 13.7 Å². The molecule has 1 amide bonds. The summed E-state index contributed by atoms with van der Waals surface area (Å²) < 4.78 is 23.7. The van der Waals surface area contributed by atoms with E-state index in [2.05, 4.69) is 165 Å². The number of unbranched alkanes of at least 4 members (excludes halogenated alkanes) is 22. The van der Waals surface area contributed by atoms with Crippen LogP contribution in [0.5, 0.6) is 0 Å². The van der Waals surface area contributed by atoms with Crippen LogP contribution in [0.4, 0.5) is 0 Å². The van der Waals surface area contributed by atoms with E-state index >= 15 is 0 Å². The van der Waals surface area contributed by atoms with E-state index in [1.807, 2.05) is 27.2 Å². The Hall–Kier alpha value is -3.88. The molecule has 0 heterocycles. The third-order valence-electron chi connectivity index (χ3n) is 14.0. The Labute approximate surface area is 511 Å². The molecule has 472 valence electrons. The van der Waals surface area contributed by atoms with Crippen LogP contribution in [-0.4, -0.2) is 73.4 Å². The molecule has 3 unspecified atom stereocenters. The van der Waals surface area contributed by atoms with Gasteiger partial charge in [0.1, 0.15) is 13.2 Å². The largest absolute Gasteiger partial charge is 0.472 e. The number of nitrogens with one attached hydrogen (secondary N) is 1. The number of aliphatic hydroxyl groups is 1. The molecule has 0 aliphatic carbocycles. The number of rotatable bonds is 59. The molecule has 3 N–H and O–H groups in total. The number of phosphoric acid groups is 1. The van der Waals surface area contributed by atoms with Gasteiger partial charge in [0.25, 0.3) is 0 Å². The van der Waals surface area contributed by atoms with Gasteiger partial charge in [-0.25, -0.2) is 4.57 Å². The molecule has 3 atom stereocenters. The Morgan fingerprint density at radius 1 is 0.422 bits per heavy atom. The average molecular weight is 1170 g/mol. The summed E-state index contributed by atoms with van der Waals surface area (Å²) in [7, 11) is 1.51. The van der Waals surface area contributed by atoms with Gasteiger partial charge in [-0.2, -0.15) is 0 Å². The quantitative estimate of drug-likeness (QED) is 0.0243. The molecule has 0 saturated carbocycles. The average Bonchev–Trinajstić information content (AvgIpc) is 3.49. The van der Waals surface area contributed by atoms with Crippen molar-refractivity contribution in [1.82, 2.24) is 5.32 Å². The van der Waals surface area contributed by atoms with Crippen LogP contribution in [0.3, 0.4) is 0 Å². The highest BCUT2D eigenvalue weighted by Crippen LogP contribution is 2.43.